The van der Waals surface area contributed by atoms with Crippen LogP contribution in [0.15, 0.2) is 16.6 Å². The van der Waals surface area contributed by atoms with Gasteiger partial charge in [0.2, 0.25) is 0 Å². The van der Waals surface area contributed by atoms with Gasteiger partial charge in [-0.3, -0.25) is 4.90 Å². The molecule has 0 radical (unpaired) electrons. The van der Waals surface area contributed by atoms with Crippen molar-refractivity contribution in [1.29, 1.82) is 0 Å². The molecule has 1 atom stereocenters. The van der Waals surface area contributed by atoms with E-state index in [9.17, 15) is 9.50 Å². The lowest BCUT2D eigenvalue weighted by molar-refractivity contribution is 0.153. The summed E-state index contributed by atoms with van der Waals surface area (Å²) in [6, 6.07) is 3.33. The number of aromatic hydroxyl groups is 1. The van der Waals surface area contributed by atoms with Crippen LogP contribution in [-0.2, 0) is 0 Å². The van der Waals surface area contributed by atoms with E-state index in [4.69, 9.17) is 0 Å². The smallest absolute Gasteiger partial charge is 0.166 e. The quantitative estimate of drug-likeness (QED) is 0.895. The van der Waals surface area contributed by atoms with Crippen molar-refractivity contribution in [1.82, 2.24) is 10.2 Å². The Bertz CT molecular complexity index is 473. The maximum atomic E-state index is 13.7. The molecule has 0 unspecified atom stereocenters. The monoisotopic (exact) mass is 328 g/mol. The van der Waals surface area contributed by atoms with Gasteiger partial charge in [0.25, 0.3) is 0 Å². The highest BCUT2D eigenvalue weighted by atomic mass is 79.9. The Labute approximate surface area is 120 Å². The molecule has 1 aromatic carbocycles. The summed E-state index contributed by atoms with van der Waals surface area (Å²) in [5.74, 6) is -0.165. The Kier molecular flexibility index (Phi) is 3.78. The molecule has 1 saturated carbocycles. The first-order valence-corrected chi connectivity index (χ1v) is 7.59. The maximum Gasteiger partial charge on any atom is 0.166 e. The van der Waals surface area contributed by atoms with Crippen LogP contribution in [0.5, 0.6) is 5.75 Å². The average molecular weight is 329 g/mol. The van der Waals surface area contributed by atoms with E-state index in [0.717, 1.165) is 31.7 Å². The molecule has 104 valence electrons. The van der Waals surface area contributed by atoms with Crippen LogP contribution < -0.4 is 5.32 Å². The molecule has 0 amide bonds. The van der Waals surface area contributed by atoms with E-state index in [1.54, 1.807) is 0 Å². The van der Waals surface area contributed by atoms with Crippen LogP contribution in [0.3, 0.4) is 0 Å². The maximum absolute atomic E-state index is 13.7. The summed E-state index contributed by atoms with van der Waals surface area (Å²) in [7, 11) is 0. The predicted molar refractivity (Wildman–Crippen MR) is 75.7 cm³/mol. The predicted octanol–water partition coefficient (Wildman–Crippen LogP) is 2.65. The highest BCUT2D eigenvalue weighted by molar-refractivity contribution is 9.10. The summed E-state index contributed by atoms with van der Waals surface area (Å²) in [5, 5.41) is 13.4. The summed E-state index contributed by atoms with van der Waals surface area (Å²) < 4.78 is 14.4. The molecule has 0 aromatic heterocycles. The molecular formula is C14H18BrFN2O. The minimum Gasteiger partial charge on any atom is -0.505 e. The number of nitrogens with zero attached hydrogens (tertiary/aromatic N) is 1. The number of phenols is 1. The third-order valence-electron chi connectivity index (χ3n) is 3.99. The second kappa shape index (κ2) is 5.38. The molecule has 1 aliphatic carbocycles. The van der Waals surface area contributed by atoms with Gasteiger partial charge in [0.05, 0.1) is 0 Å². The molecule has 1 heterocycles. The molecule has 0 bridgehead atoms. The summed E-state index contributed by atoms with van der Waals surface area (Å²) in [4.78, 5) is 2.37. The van der Waals surface area contributed by atoms with Crippen LogP contribution in [0.4, 0.5) is 4.39 Å². The molecule has 3 nitrogen and oxygen atoms in total. The molecule has 2 N–H and O–H groups in total. The molecule has 2 fully saturated rings. The summed E-state index contributed by atoms with van der Waals surface area (Å²) in [6.07, 6.45) is 2.34. The number of nitrogens with one attached hydrogen (secondary N) is 1. The molecule has 0 spiro atoms. The number of benzene rings is 1. The molecule has 1 aliphatic heterocycles. The second-order valence-corrected chi connectivity index (χ2v) is 6.31. The highest BCUT2D eigenvalue weighted by Gasteiger charge is 2.38. The fourth-order valence-corrected chi connectivity index (χ4v) is 3.38. The van der Waals surface area contributed by atoms with E-state index in [1.165, 1.54) is 18.9 Å². The van der Waals surface area contributed by atoms with E-state index >= 15 is 0 Å². The second-order valence-electron chi connectivity index (χ2n) is 5.39. The SMILES string of the molecule is Oc1c(F)cc(Br)cc1[C@H](C1CC1)N1CCNCC1. The van der Waals surface area contributed by atoms with Gasteiger partial charge in [0.15, 0.2) is 11.6 Å². The third-order valence-corrected chi connectivity index (χ3v) is 4.45. The minimum atomic E-state index is -0.537. The van der Waals surface area contributed by atoms with Crippen molar-refractivity contribution in [2.75, 3.05) is 26.2 Å². The molecule has 1 saturated heterocycles. The van der Waals surface area contributed by atoms with Crippen molar-refractivity contribution in [3.63, 3.8) is 0 Å². The van der Waals surface area contributed by atoms with Gasteiger partial charge in [-0.05, 0) is 30.9 Å². The zero-order chi connectivity index (χ0) is 13.4. The zero-order valence-corrected chi connectivity index (χ0v) is 12.3. The van der Waals surface area contributed by atoms with Gasteiger partial charge in [0, 0.05) is 42.3 Å². The van der Waals surface area contributed by atoms with Crippen molar-refractivity contribution in [2.24, 2.45) is 5.92 Å². The van der Waals surface area contributed by atoms with E-state index in [-0.39, 0.29) is 11.8 Å². The fourth-order valence-electron chi connectivity index (χ4n) is 2.93. The zero-order valence-electron chi connectivity index (χ0n) is 10.7. The number of halogens is 2. The van der Waals surface area contributed by atoms with Gasteiger partial charge in [-0.25, -0.2) is 4.39 Å². The molecule has 5 heteroatoms. The van der Waals surface area contributed by atoms with E-state index < -0.39 is 5.82 Å². The highest BCUT2D eigenvalue weighted by Crippen LogP contribution is 2.47. The van der Waals surface area contributed by atoms with Crippen LogP contribution in [0.2, 0.25) is 0 Å². The first-order chi connectivity index (χ1) is 9.16. The Hall–Kier alpha value is -0.650. The number of piperazine rings is 1. The van der Waals surface area contributed by atoms with Gasteiger partial charge in [-0.15, -0.1) is 0 Å². The van der Waals surface area contributed by atoms with Gasteiger partial charge in [0.1, 0.15) is 0 Å². The van der Waals surface area contributed by atoms with Gasteiger partial charge >= 0.3 is 0 Å². The average Bonchev–Trinajstić information content (AvgIpc) is 3.21. The van der Waals surface area contributed by atoms with Crippen LogP contribution in [0, 0.1) is 11.7 Å². The van der Waals surface area contributed by atoms with Crippen LogP contribution in [-0.4, -0.2) is 36.2 Å². The van der Waals surface area contributed by atoms with Crippen LogP contribution in [0.1, 0.15) is 24.4 Å². The number of phenolic OH excluding ortho intramolecular Hbond substituents is 1. The molecule has 19 heavy (non-hydrogen) atoms. The Morgan fingerprint density at radius 2 is 2.00 bits per heavy atom. The molecular weight excluding hydrogens is 311 g/mol. The lowest BCUT2D eigenvalue weighted by atomic mass is 9.98. The lowest BCUT2D eigenvalue weighted by Gasteiger charge is -2.35. The number of hydrogen-bond donors (Lipinski definition) is 2. The van der Waals surface area contributed by atoms with Gasteiger partial charge in [-0.1, -0.05) is 15.9 Å². The van der Waals surface area contributed by atoms with Crippen molar-refractivity contribution in [3.05, 3.63) is 28.0 Å². The van der Waals surface area contributed by atoms with Crippen molar-refractivity contribution in [2.45, 2.75) is 18.9 Å². The largest absolute Gasteiger partial charge is 0.505 e. The normalized spacial score (nSPS) is 22.4. The van der Waals surface area contributed by atoms with Gasteiger partial charge in [-0.2, -0.15) is 0 Å². The van der Waals surface area contributed by atoms with E-state index in [2.05, 4.69) is 26.1 Å². The van der Waals surface area contributed by atoms with Crippen molar-refractivity contribution >= 4 is 15.9 Å². The topological polar surface area (TPSA) is 35.5 Å². The van der Waals surface area contributed by atoms with E-state index in [0.29, 0.717) is 10.4 Å². The minimum absolute atomic E-state index is 0.147. The number of hydrogen-bond acceptors (Lipinski definition) is 3. The Balaban J connectivity index is 1.95. The standard InChI is InChI=1S/C14H18BrFN2O/c15-10-7-11(14(19)12(16)8-10)13(9-1-2-9)18-5-3-17-4-6-18/h7-9,13,17,19H,1-6H2/t13-/m0/s1. The van der Waals surface area contributed by atoms with Crippen LogP contribution >= 0.6 is 15.9 Å². The van der Waals surface area contributed by atoms with Crippen molar-refractivity contribution < 1.29 is 9.50 Å². The third kappa shape index (κ3) is 2.78. The Morgan fingerprint density at radius 1 is 1.32 bits per heavy atom. The summed E-state index contributed by atoms with van der Waals surface area (Å²) in [6.45, 7) is 3.82. The first kappa shape index (κ1) is 13.3. The fraction of sp³-hybridized carbons (Fsp3) is 0.571. The van der Waals surface area contributed by atoms with Crippen molar-refractivity contribution in [3.8, 4) is 5.75 Å². The summed E-state index contributed by atoms with van der Waals surface area (Å²) >= 11 is 3.33. The molecule has 1 aromatic rings. The van der Waals surface area contributed by atoms with Gasteiger partial charge < -0.3 is 10.4 Å². The van der Waals surface area contributed by atoms with E-state index in [1.807, 2.05) is 6.07 Å². The lowest BCUT2D eigenvalue weighted by Crippen LogP contribution is -2.45. The first-order valence-electron chi connectivity index (χ1n) is 6.79. The summed E-state index contributed by atoms with van der Waals surface area (Å²) in [5.41, 5.74) is 0.733. The number of rotatable bonds is 3. The van der Waals surface area contributed by atoms with Crippen LogP contribution in [0.25, 0.3) is 0 Å². The Morgan fingerprint density at radius 3 is 2.63 bits per heavy atom. The molecule has 2 aliphatic rings. The molecule has 3 rings (SSSR count).